The van der Waals surface area contributed by atoms with E-state index in [1.807, 2.05) is 24.3 Å². The molecule has 0 aliphatic carbocycles. The normalized spacial score (nSPS) is 10.1. The van der Waals surface area contributed by atoms with E-state index in [9.17, 15) is 14.9 Å². The predicted molar refractivity (Wildman–Crippen MR) is 86.6 cm³/mol. The van der Waals surface area contributed by atoms with Crippen molar-refractivity contribution in [1.29, 1.82) is 0 Å². The monoisotopic (exact) mass is 366 g/mol. The molecule has 0 unspecified atom stereocenters. The van der Waals surface area contributed by atoms with Crippen molar-refractivity contribution >= 4 is 45.0 Å². The van der Waals surface area contributed by atoms with Crippen LogP contribution < -0.4 is 5.32 Å². The van der Waals surface area contributed by atoms with Crippen LogP contribution in [0.2, 0.25) is 0 Å². The van der Waals surface area contributed by atoms with Crippen molar-refractivity contribution in [3.8, 4) is 0 Å². The number of carbonyl (C=O) groups is 1. The van der Waals surface area contributed by atoms with Gasteiger partial charge in [0, 0.05) is 27.2 Å². The number of thioether (sulfide) groups is 1. The summed E-state index contributed by atoms with van der Waals surface area (Å²) in [5.74, 6) is 0.121. The fourth-order valence-electron chi connectivity index (χ4n) is 1.54. The van der Waals surface area contributed by atoms with Crippen molar-refractivity contribution < 1.29 is 9.72 Å². The van der Waals surface area contributed by atoms with Crippen LogP contribution in [0, 0.1) is 10.1 Å². The van der Waals surface area contributed by atoms with Crippen LogP contribution in [-0.2, 0) is 4.79 Å². The molecule has 1 N–H and O–H groups in total. The molecule has 0 atom stereocenters. The number of nitrogens with one attached hydrogen (secondary N) is 1. The lowest BCUT2D eigenvalue weighted by molar-refractivity contribution is -0.384. The zero-order valence-corrected chi connectivity index (χ0v) is 13.2. The van der Waals surface area contributed by atoms with Crippen LogP contribution in [-0.4, -0.2) is 16.6 Å². The van der Waals surface area contributed by atoms with Gasteiger partial charge in [-0.1, -0.05) is 15.9 Å². The van der Waals surface area contributed by atoms with E-state index < -0.39 is 4.92 Å². The minimum atomic E-state index is -0.477. The average molecular weight is 367 g/mol. The zero-order chi connectivity index (χ0) is 15.2. The Morgan fingerprint density at radius 2 is 1.76 bits per heavy atom. The first-order valence-electron chi connectivity index (χ1n) is 5.97. The summed E-state index contributed by atoms with van der Waals surface area (Å²) >= 11 is 4.77. The van der Waals surface area contributed by atoms with Gasteiger partial charge >= 0.3 is 0 Å². The van der Waals surface area contributed by atoms with Crippen LogP contribution in [0.1, 0.15) is 0 Å². The summed E-state index contributed by atoms with van der Waals surface area (Å²) in [5, 5.41) is 13.2. The highest BCUT2D eigenvalue weighted by atomic mass is 79.9. The Balaban J connectivity index is 1.86. The second-order valence-electron chi connectivity index (χ2n) is 4.09. The number of nitro benzene ring substituents is 1. The third-order valence-electron chi connectivity index (χ3n) is 2.55. The van der Waals surface area contributed by atoms with Gasteiger partial charge in [0.05, 0.1) is 10.7 Å². The van der Waals surface area contributed by atoms with Crippen LogP contribution in [0.15, 0.2) is 57.9 Å². The number of halogens is 1. The van der Waals surface area contributed by atoms with Crippen LogP contribution >= 0.6 is 27.7 Å². The number of anilines is 1. The zero-order valence-electron chi connectivity index (χ0n) is 10.8. The first-order valence-corrected chi connectivity index (χ1v) is 7.75. The summed E-state index contributed by atoms with van der Waals surface area (Å²) in [6.45, 7) is 0. The summed E-state index contributed by atoms with van der Waals surface area (Å²) < 4.78 is 0.988. The average Bonchev–Trinajstić information content (AvgIpc) is 2.47. The third-order valence-corrected chi connectivity index (χ3v) is 4.09. The van der Waals surface area contributed by atoms with E-state index in [0.717, 1.165) is 9.37 Å². The summed E-state index contributed by atoms with van der Waals surface area (Å²) in [6, 6.07) is 13.4. The molecule has 0 heterocycles. The SMILES string of the molecule is O=C(CSc1ccc(Br)cc1)Nc1ccc([N+](=O)[O-])cc1. The third kappa shape index (κ3) is 4.87. The Morgan fingerprint density at radius 1 is 1.14 bits per heavy atom. The fraction of sp³-hybridized carbons (Fsp3) is 0.0714. The maximum Gasteiger partial charge on any atom is 0.269 e. The van der Waals surface area contributed by atoms with Crippen LogP contribution in [0.5, 0.6) is 0 Å². The number of carbonyl (C=O) groups excluding carboxylic acids is 1. The van der Waals surface area contributed by atoms with E-state index in [4.69, 9.17) is 0 Å². The molecule has 0 radical (unpaired) electrons. The standard InChI is InChI=1S/C14H11BrN2O3S/c15-10-1-7-13(8-2-10)21-9-14(18)16-11-3-5-12(6-4-11)17(19)20/h1-8H,9H2,(H,16,18). The number of hydrogen-bond acceptors (Lipinski definition) is 4. The lowest BCUT2D eigenvalue weighted by Gasteiger charge is -2.05. The van der Waals surface area contributed by atoms with Gasteiger partial charge in [-0.3, -0.25) is 14.9 Å². The number of rotatable bonds is 5. The summed E-state index contributed by atoms with van der Waals surface area (Å²) in [7, 11) is 0. The molecule has 0 saturated carbocycles. The van der Waals surface area contributed by atoms with E-state index in [-0.39, 0.29) is 17.3 Å². The molecule has 0 saturated heterocycles. The molecule has 108 valence electrons. The molecule has 7 heteroatoms. The Bertz CT molecular complexity index is 644. The van der Waals surface area contributed by atoms with Crippen LogP contribution in [0.4, 0.5) is 11.4 Å². The van der Waals surface area contributed by atoms with E-state index in [1.54, 1.807) is 0 Å². The lowest BCUT2D eigenvalue weighted by Crippen LogP contribution is -2.13. The van der Waals surface area contributed by atoms with Gasteiger partial charge in [0.25, 0.3) is 5.69 Å². The Morgan fingerprint density at radius 3 is 2.33 bits per heavy atom. The van der Waals surface area contributed by atoms with Gasteiger partial charge in [-0.2, -0.15) is 0 Å². The van der Waals surface area contributed by atoms with Gasteiger partial charge in [-0.25, -0.2) is 0 Å². The van der Waals surface area contributed by atoms with Gasteiger partial charge in [-0.05, 0) is 36.4 Å². The second-order valence-corrected chi connectivity index (χ2v) is 6.06. The number of non-ortho nitro benzene ring substituents is 1. The van der Waals surface area contributed by atoms with Gasteiger partial charge < -0.3 is 5.32 Å². The van der Waals surface area contributed by atoms with Crippen LogP contribution in [0.3, 0.4) is 0 Å². The van der Waals surface area contributed by atoms with Gasteiger partial charge in [0.1, 0.15) is 0 Å². The van der Waals surface area contributed by atoms with Gasteiger partial charge in [0.2, 0.25) is 5.91 Å². The molecule has 2 rings (SSSR count). The first kappa shape index (κ1) is 15.5. The van der Waals surface area contributed by atoms with E-state index in [1.165, 1.54) is 36.0 Å². The fourth-order valence-corrected chi connectivity index (χ4v) is 2.51. The van der Waals surface area contributed by atoms with Crippen molar-refractivity contribution in [2.75, 3.05) is 11.1 Å². The molecular weight excluding hydrogens is 356 g/mol. The molecule has 0 bridgehead atoms. The second kappa shape index (κ2) is 7.24. The van der Waals surface area contributed by atoms with Gasteiger partial charge in [0.15, 0.2) is 0 Å². The maximum absolute atomic E-state index is 11.8. The highest BCUT2D eigenvalue weighted by Crippen LogP contribution is 2.21. The summed E-state index contributed by atoms with van der Waals surface area (Å²) in [6.07, 6.45) is 0. The number of benzene rings is 2. The van der Waals surface area contributed by atoms with E-state index in [0.29, 0.717) is 5.69 Å². The Labute approximate surface area is 134 Å². The molecule has 21 heavy (non-hydrogen) atoms. The molecule has 2 aromatic carbocycles. The number of nitro groups is 1. The quantitative estimate of drug-likeness (QED) is 0.491. The summed E-state index contributed by atoms with van der Waals surface area (Å²) in [4.78, 5) is 22.8. The lowest BCUT2D eigenvalue weighted by atomic mass is 10.3. The molecule has 1 amide bonds. The number of amides is 1. The van der Waals surface area contributed by atoms with Crippen molar-refractivity contribution in [2.45, 2.75) is 4.90 Å². The van der Waals surface area contributed by atoms with Crippen molar-refractivity contribution in [2.24, 2.45) is 0 Å². The van der Waals surface area contributed by atoms with E-state index >= 15 is 0 Å². The topological polar surface area (TPSA) is 72.2 Å². The molecule has 5 nitrogen and oxygen atoms in total. The summed E-state index contributed by atoms with van der Waals surface area (Å²) in [5.41, 5.74) is 0.541. The predicted octanol–water partition coefficient (Wildman–Crippen LogP) is 4.09. The number of nitrogens with zero attached hydrogens (tertiary/aromatic N) is 1. The number of hydrogen-bond donors (Lipinski definition) is 1. The highest BCUT2D eigenvalue weighted by molar-refractivity contribution is 9.10. The largest absolute Gasteiger partial charge is 0.325 e. The minimum absolute atomic E-state index is 0.00256. The Kier molecular flexibility index (Phi) is 5.35. The molecule has 0 spiro atoms. The smallest absolute Gasteiger partial charge is 0.269 e. The highest BCUT2D eigenvalue weighted by Gasteiger charge is 2.07. The molecule has 0 aliphatic heterocycles. The van der Waals surface area contributed by atoms with Crippen molar-refractivity contribution in [1.82, 2.24) is 0 Å². The molecule has 2 aromatic rings. The van der Waals surface area contributed by atoms with Crippen molar-refractivity contribution in [3.63, 3.8) is 0 Å². The van der Waals surface area contributed by atoms with Crippen molar-refractivity contribution in [3.05, 3.63) is 63.1 Å². The molecule has 0 aliphatic rings. The minimum Gasteiger partial charge on any atom is -0.325 e. The van der Waals surface area contributed by atoms with Crippen LogP contribution in [0.25, 0.3) is 0 Å². The van der Waals surface area contributed by atoms with Gasteiger partial charge in [-0.15, -0.1) is 11.8 Å². The molecular formula is C14H11BrN2O3S. The maximum atomic E-state index is 11.8. The first-order chi connectivity index (χ1) is 10.0. The molecule has 0 aromatic heterocycles. The molecule has 0 fully saturated rings. The Hall–Kier alpha value is -1.86. The van der Waals surface area contributed by atoms with E-state index in [2.05, 4.69) is 21.2 Å².